The highest BCUT2D eigenvalue weighted by Gasteiger charge is 2.03. The lowest BCUT2D eigenvalue weighted by molar-refractivity contribution is 0.692. The Labute approximate surface area is 169 Å². The molecule has 1 aromatic carbocycles. The Morgan fingerprint density at radius 1 is 1.27 bits per heavy atom. The molecular formula is C17H25IN8. The Bertz CT molecular complexity index is 805. The van der Waals surface area contributed by atoms with E-state index in [-0.39, 0.29) is 24.0 Å². The minimum Gasteiger partial charge on any atom is -0.357 e. The van der Waals surface area contributed by atoms with Gasteiger partial charge in [-0.05, 0) is 25.5 Å². The van der Waals surface area contributed by atoms with Gasteiger partial charge >= 0.3 is 0 Å². The summed E-state index contributed by atoms with van der Waals surface area (Å²) in [6.07, 6.45) is 3.40. The first kappa shape index (κ1) is 20.1. The molecule has 0 unspecified atom stereocenters. The van der Waals surface area contributed by atoms with E-state index in [1.807, 2.05) is 38.2 Å². The zero-order valence-corrected chi connectivity index (χ0v) is 17.4. The third-order valence-corrected chi connectivity index (χ3v) is 3.85. The van der Waals surface area contributed by atoms with Gasteiger partial charge in [-0.15, -0.1) is 24.0 Å². The summed E-state index contributed by atoms with van der Waals surface area (Å²) in [4.78, 5) is 16.7. The Hall–Kier alpha value is -2.17. The Morgan fingerprint density at radius 2 is 2.12 bits per heavy atom. The number of H-pyrrole nitrogens is 1. The van der Waals surface area contributed by atoms with Gasteiger partial charge in [0.05, 0.1) is 11.0 Å². The predicted molar refractivity (Wildman–Crippen MR) is 114 cm³/mol. The second-order valence-corrected chi connectivity index (χ2v) is 5.73. The van der Waals surface area contributed by atoms with E-state index in [2.05, 4.69) is 35.7 Å². The van der Waals surface area contributed by atoms with Crippen LogP contribution in [0.1, 0.15) is 25.0 Å². The first-order valence-electron chi connectivity index (χ1n) is 8.55. The van der Waals surface area contributed by atoms with Crippen LogP contribution in [-0.2, 0) is 20.0 Å². The smallest absolute Gasteiger partial charge is 0.191 e. The van der Waals surface area contributed by atoms with Crippen LogP contribution in [0.4, 0.5) is 0 Å². The van der Waals surface area contributed by atoms with Crippen LogP contribution < -0.4 is 10.6 Å². The van der Waals surface area contributed by atoms with E-state index in [1.54, 1.807) is 11.0 Å². The van der Waals surface area contributed by atoms with Gasteiger partial charge in [0.15, 0.2) is 5.96 Å². The van der Waals surface area contributed by atoms with Gasteiger partial charge < -0.3 is 15.6 Å². The first-order valence-corrected chi connectivity index (χ1v) is 8.55. The van der Waals surface area contributed by atoms with E-state index in [0.717, 1.165) is 54.6 Å². The Morgan fingerprint density at radius 3 is 2.85 bits per heavy atom. The van der Waals surface area contributed by atoms with Crippen molar-refractivity contribution in [3.63, 3.8) is 0 Å². The number of benzene rings is 1. The lowest BCUT2D eigenvalue weighted by atomic mass is 10.3. The van der Waals surface area contributed by atoms with Gasteiger partial charge in [-0.1, -0.05) is 12.1 Å². The van der Waals surface area contributed by atoms with Gasteiger partial charge in [0.25, 0.3) is 0 Å². The van der Waals surface area contributed by atoms with Crippen LogP contribution in [0.15, 0.2) is 35.6 Å². The normalized spacial score (nSPS) is 11.4. The second kappa shape index (κ2) is 10.1. The molecule has 26 heavy (non-hydrogen) atoms. The maximum Gasteiger partial charge on any atom is 0.191 e. The molecule has 0 fully saturated rings. The van der Waals surface area contributed by atoms with Crippen LogP contribution in [0.25, 0.3) is 11.0 Å². The molecule has 3 rings (SSSR count). The summed E-state index contributed by atoms with van der Waals surface area (Å²) in [6.45, 7) is 4.18. The number of fused-ring (bicyclic) bond motifs is 1. The van der Waals surface area contributed by atoms with Crippen LogP contribution in [0.5, 0.6) is 0 Å². The monoisotopic (exact) mass is 468 g/mol. The minimum absolute atomic E-state index is 0. The highest BCUT2D eigenvalue weighted by Crippen LogP contribution is 2.11. The fraction of sp³-hybridized carbons (Fsp3) is 0.412. The van der Waals surface area contributed by atoms with Gasteiger partial charge in [0.2, 0.25) is 0 Å². The van der Waals surface area contributed by atoms with Crippen molar-refractivity contribution < 1.29 is 0 Å². The van der Waals surface area contributed by atoms with Crippen molar-refractivity contribution in [2.75, 3.05) is 13.1 Å². The van der Waals surface area contributed by atoms with Gasteiger partial charge in [-0.2, -0.15) is 5.10 Å². The summed E-state index contributed by atoms with van der Waals surface area (Å²) in [6, 6.07) is 8.09. The van der Waals surface area contributed by atoms with Crippen LogP contribution in [0.2, 0.25) is 0 Å². The quantitative estimate of drug-likeness (QED) is 0.213. The topological polar surface area (TPSA) is 95.8 Å². The maximum atomic E-state index is 4.60. The predicted octanol–water partition coefficient (Wildman–Crippen LogP) is 2.00. The lowest BCUT2D eigenvalue weighted by Crippen LogP contribution is -2.38. The van der Waals surface area contributed by atoms with Gasteiger partial charge in [-0.25, -0.2) is 15.0 Å². The summed E-state index contributed by atoms with van der Waals surface area (Å²) in [5, 5.41) is 10.6. The maximum absolute atomic E-state index is 4.60. The number of imidazole rings is 1. The largest absolute Gasteiger partial charge is 0.357 e. The molecule has 2 heterocycles. The van der Waals surface area contributed by atoms with E-state index in [0.29, 0.717) is 6.54 Å². The molecule has 0 bridgehead atoms. The minimum atomic E-state index is 0. The third kappa shape index (κ3) is 5.41. The van der Waals surface area contributed by atoms with Crippen molar-refractivity contribution in [2.45, 2.75) is 26.3 Å². The number of aryl methyl sites for hydroxylation is 2. The molecule has 0 aliphatic carbocycles. The molecule has 0 saturated carbocycles. The Balaban J connectivity index is 0.00000243. The van der Waals surface area contributed by atoms with Crippen molar-refractivity contribution in [3.8, 4) is 0 Å². The van der Waals surface area contributed by atoms with E-state index in [9.17, 15) is 0 Å². The standard InChI is InChI=1S/C17H24N8.HI/c1-3-18-17(20-11-16-21-12-22-25(16)2)19-10-6-9-15-23-13-7-4-5-8-14(13)24-15;/h4-5,7-8,12H,3,6,9-11H2,1-2H3,(H,23,24)(H2,18,19,20);1H. The third-order valence-electron chi connectivity index (χ3n) is 3.85. The molecule has 3 N–H and O–H groups in total. The number of aliphatic imine (C=N–C) groups is 1. The zero-order chi connectivity index (χ0) is 17.5. The summed E-state index contributed by atoms with van der Waals surface area (Å²) < 4.78 is 1.73. The highest BCUT2D eigenvalue weighted by atomic mass is 127. The van der Waals surface area contributed by atoms with Crippen molar-refractivity contribution in [1.82, 2.24) is 35.4 Å². The molecule has 0 aliphatic heterocycles. The molecule has 0 spiro atoms. The zero-order valence-electron chi connectivity index (χ0n) is 15.1. The van der Waals surface area contributed by atoms with Crippen LogP contribution in [0, 0.1) is 0 Å². The van der Waals surface area contributed by atoms with E-state index in [1.165, 1.54) is 0 Å². The molecule has 3 aromatic rings. The van der Waals surface area contributed by atoms with Crippen molar-refractivity contribution in [3.05, 3.63) is 42.2 Å². The average molecular weight is 468 g/mol. The fourth-order valence-electron chi connectivity index (χ4n) is 2.54. The molecular weight excluding hydrogens is 443 g/mol. The summed E-state index contributed by atoms with van der Waals surface area (Å²) >= 11 is 0. The highest BCUT2D eigenvalue weighted by molar-refractivity contribution is 14.0. The van der Waals surface area contributed by atoms with Gasteiger partial charge in [-0.3, -0.25) is 4.68 Å². The van der Waals surface area contributed by atoms with Crippen LogP contribution >= 0.6 is 24.0 Å². The average Bonchev–Trinajstić information content (AvgIpc) is 3.21. The molecule has 0 amide bonds. The number of halogens is 1. The first-order chi connectivity index (χ1) is 12.3. The number of hydrogen-bond donors (Lipinski definition) is 3. The summed E-state index contributed by atoms with van der Waals surface area (Å²) in [5.41, 5.74) is 2.10. The molecule has 140 valence electrons. The van der Waals surface area contributed by atoms with E-state index < -0.39 is 0 Å². The Kier molecular flexibility index (Phi) is 7.82. The van der Waals surface area contributed by atoms with Gasteiger partial charge in [0, 0.05) is 26.6 Å². The molecule has 9 heteroatoms. The number of rotatable bonds is 7. The molecule has 8 nitrogen and oxygen atoms in total. The molecule has 0 atom stereocenters. The molecule has 0 radical (unpaired) electrons. The molecule has 0 saturated heterocycles. The van der Waals surface area contributed by atoms with Crippen molar-refractivity contribution in [1.29, 1.82) is 0 Å². The molecule has 2 aromatic heterocycles. The SMILES string of the molecule is CCNC(=NCc1ncnn1C)NCCCc1nc2ccccc2[nH]1.I. The van der Waals surface area contributed by atoms with Gasteiger partial charge in [0.1, 0.15) is 24.5 Å². The fourth-order valence-corrected chi connectivity index (χ4v) is 2.54. The lowest BCUT2D eigenvalue weighted by Gasteiger charge is -2.10. The number of aromatic nitrogens is 5. The van der Waals surface area contributed by atoms with Crippen LogP contribution in [0.3, 0.4) is 0 Å². The number of aromatic amines is 1. The number of hydrogen-bond acceptors (Lipinski definition) is 4. The number of nitrogens with one attached hydrogen (secondary N) is 3. The number of guanidine groups is 1. The number of para-hydroxylation sites is 2. The number of nitrogens with zero attached hydrogens (tertiary/aromatic N) is 5. The summed E-state index contributed by atoms with van der Waals surface area (Å²) in [7, 11) is 1.87. The van der Waals surface area contributed by atoms with Crippen molar-refractivity contribution in [2.24, 2.45) is 12.0 Å². The van der Waals surface area contributed by atoms with E-state index >= 15 is 0 Å². The molecule has 0 aliphatic rings. The summed E-state index contributed by atoms with van der Waals surface area (Å²) in [5.74, 6) is 2.64. The van der Waals surface area contributed by atoms with Crippen molar-refractivity contribution >= 4 is 41.0 Å². The van der Waals surface area contributed by atoms with E-state index in [4.69, 9.17) is 0 Å². The second-order valence-electron chi connectivity index (χ2n) is 5.73. The van der Waals surface area contributed by atoms with Crippen LogP contribution in [-0.4, -0.2) is 43.8 Å².